The summed E-state index contributed by atoms with van der Waals surface area (Å²) in [5.41, 5.74) is 4.20. The molecule has 3 N–H and O–H groups in total. The van der Waals surface area contributed by atoms with Crippen molar-refractivity contribution in [1.29, 1.82) is 0 Å². The second-order valence-corrected chi connectivity index (χ2v) is 9.36. The number of anilines is 1. The third-order valence-electron chi connectivity index (χ3n) is 6.17. The highest BCUT2D eigenvalue weighted by atomic mass is 32.1. The molecule has 0 saturated heterocycles. The molecule has 0 radical (unpaired) electrons. The van der Waals surface area contributed by atoms with E-state index < -0.39 is 17.8 Å². The summed E-state index contributed by atoms with van der Waals surface area (Å²) in [5.74, 6) is -2.94. The molecular weight excluding hydrogens is 412 g/mol. The van der Waals surface area contributed by atoms with Crippen LogP contribution in [-0.2, 0) is 9.59 Å². The largest absolute Gasteiger partial charge is 0.481 e. The minimum absolute atomic E-state index is 0.185. The summed E-state index contributed by atoms with van der Waals surface area (Å²) in [4.78, 5) is 38.0. The molecule has 4 rings (SSSR count). The summed E-state index contributed by atoms with van der Waals surface area (Å²) in [5, 5.41) is 17.9. The summed E-state index contributed by atoms with van der Waals surface area (Å²) < 4.78 is 0. The fourth-order valence-electron chi connectivity index (χ4n) is 4.02. The van der Waals surface area contributed by atoms with E-state index in [1.807, 2.05) is 49.6 Å². The monoisotopic (exact) mass is 438 g/mol. The predicted octanol–water partition coefficient (Wildman–Crippen LogP) is 4.69. The number of carboxylic acids is 1. The number of hydrogen-bond donors (Lipinski definition) is 3. The van der Waals surface area contributed by atoms with Crippen LogP contribution in [0.1, 0.15) is 49.9 Å². The first-order valence-electron chi connectivity index (χ1n) is 10.5. The number of allylic oxidation sites excluding steroid dienone is 2. The van der Waals surface area contributed by atoms with Gasteiger partial charge in [-0.1, -0.05) is 41.5 Å². The molecule has 162 valence electrons. The van der Waals surface area contributed by atoms with Crippen molar-refractivity contribution < 1.29 is 19.5 Å². The van der Waals surface area contributed by atoms with Crippen molar-refractivity contribution >= 4 is 34.1 Å². The number of carbonyl (C=O) groups excluding carboxylic acids is 2. The highest BCUT2D eigenvalue weighted by molar-refractivity contribution is 7.15. The number of hydrogen-bond acceptors (Lipinski definition) is 4. The Labute approximate surface area is 185 Å². The molecule has 1 heterocycles. The van der Waals surface area contributed by atoms with Gasteiger partial charge in [-0.05, 0) is 45.1 Å². The van der Waals surface area contributed by atoms with Gasteiger partial charge < -0.3 is 15.7 Å². The topological polar surface area (TPSA) is 95.5 Å². The fraction of sp³-hybridized carbons (Fsp3) is 0.375. The zero-order valence-electron chi connectivity index (χ0n) is 17.6. The Hall–Kier alpha value is -2.93. The molecule has 1 saturated carbocycles. The standard InChI is InChI=1S/C24H26N2O4S/c1-13-10-17(18(24(29)30)11-14(13)2)21(27)26-23-20(22(28)25-16-8-9-16)19(12-31-23)15-6-4-3-5-7-15/h3-7,12,16-18H,8-11H2,1-2H3,(H,25,28)(H,26,27)(H,29,30)/t17-,18-/m0/s1. The normalized spacial score (nSPS) is 21.0. The van der Waals surface area contributed by atoms with E-state index in [0.717, 1.165) is 35.1 Å². The fourth-order valence-corrected chi connectivity index (χ4v) is 4.99. The average Bonchev–Trinajstić information content (AvgIpc) is 3.46. The molecule has 0 unspecified atom stereocenters. The minimum Gasteiger partial charge on any atom is -0.481 e. The molecule has 1 fully saturated rings. The lowest BCUT2D eigenvalue weighted by molar-refractivity contribution is -0.146. The number of aliphatic carboxylic acids is 1. The van der Waals surface area contributed by atoms with Crippen LogP contribution >= 0.6 is 11.3 Å². The van der Waals surface area contributed by atoms with Crippen molar-refractivity contribution in [3.8, 4) is 11.1 Å². The number of thiophene rings is 1. The van der Waals surface area contributed by atoms with Gasteiger partial charge in [-0.25, -0.2) is 0 Å². The highest BCUT2D eigenvalue weighted by Crippen LogP contribution is 2.39. The summed E-state index contributed by atoms with van der Waals surface area (Å²) >= 11 is 1.30. The van der Waals surface area contributed by atoms with Crippen LogP contribution in [0.2, 0.25) is 0 Å². The van der Waals surface area contributed by atoms with Crippen molar-refractivity contribution in [3.63, 3.8) is 0 Å². The molecular formula is C24H26N2O4S. The number of benzene rings is 1. The zero-order chi connectivity index (χ0) is 22.1. The Morgan fingerprint density at radius 2 is 1.65 bits per heavy atom. The Bertz CT molecular complexity index is 1050. The van der Waals surface area contributed by atoms with Crippen LogP contribution in [-0.4, -0.2) is 28.9 Å². The van der Waals surface area contributed by atoms with Crippen LogP contribution in [0.25, 0.3) is 11.1 Å². The van der Waals surface area contributed by atoms with Crippen LogP contribution in [0.3, 0.4) is 0 Å². The molecule has 0 bridgehead atoms. The minimum atomic E-state index is -0.963. The molecule has 1 aromatic heterocycles. The highest BCUT2D eigenvalue weighted by Gasteiger charge is 2.38. The molecule has 2 atom stereocenters. The van der Waals surface area contributed by atoms with Gasteiger partial charge >= 0.3 is 5.97 Å². The Balaban J connectivity index is 1.64. The molecule has 1 aromatic carbocycles. The lowest BCUT2D eigenvalue weighted by Crippen LogP contribution is -2.36. The molecule has 6 nitrogen and oxygen atoms in total. The van der Waals surface area contributed by atoms with E-state index in [9.17, 15) is 19.5 Å². The van der Waals surface area contributed by atoms with Crippen molar-refractivity contribution in [2.75, 3.05) is 5.32 Å². The van der Waals surface area contributed by atoms with E-state index in [-0.39, 0.29) is 17.9 Å². The third-order valence-corrected chi connectivity index (χ3v) is 7.07. The number of carboxylic acid groups (broad SMARTS) is 1. The number of carbonyl (C=O) groups is 3. The Morgan fingerprint density at radius 3 is 2.26 bits per heavy atom. The summed E-state index contributed by atoms with van der Waals surface area (Å²) in [7, 11) is 0. The maximum atomic E-state index is 13.2. The third kappa shape index (κ3) is 4.56. The Morgan fingerprint density at radius 1 is 1.00 bits per heavy atom. The van der Waals surface area contributed by atoms with Crippen molar-refractivity contribution in [3.05, 3.63) is 52.4 Å². The van der Waals surface area contributed by atoms with E-state index in [1.165, 1.54) is 11.3 Å². The quantitative estimate of drug-likeness (QED) is 0.570. The molecule has 7 heteroatoms. The van der Waals surface area contributed by atoms with Gasteiger partial charge in [0.2, 0.25) is 5.91 Å². The maximum absolute atomic E-state index is 13.2. The first-order chi connectivity index (χ1) is 14.8. The first-order valence-corrected chi connectivity index (χ1v) is 11.4. The average molecular weight is 439 g/mol. The van der Waals surface area contributed by atoms with Gasteiger partial charge in [-0.15, -0.1) is 11.3 Å². The number of rotatable bonds is 6. The maximum Gasteiger partial charge on any atom is 0.307 e. The smallest absolute Gasteiger partial charge is 0.307 e. The number of amides is 2. The van der Waals surface area contributed by atoms with Gasteiger partial charge in [-0.3, -0.25) is 14.4 Å². The first kappa shape index (κ1) is 21.3. The molecule has 0 aliphatic heterocycles. The van der Waals surface area contributed by atoms with Gasteiger partial charge in [0.25, 0.3) is 5.91 Å². The van der Waals surface area contributed by atoms with Crippen LogP contribution in [0.4, 0.5) is 5.00 Å². The molecule has 2 aliphatic carbocycles. The van der Waals surface area contributed by atoms with Gasteiger partial charge in [0, 0.05) is 17.0 Å². The van der Waals surface area contributed by atoms with Gasteiger partial charge in [0.15, 0.2) is 0 Å². The molecule has 2 aliphatic rings. The molecule has 2 aromatic rings. The SMILES string of the molecule is CC1=C(C)C[C@H](C(=O)Nc2scc(-c3ccccc3)c2C(=O)NC2CC2)[C@@H](C(=O)O)C1. The van der Waals surface area contributed by atoms with Crippen LogP contribution in [0.15, 0.2) is 46.9 Å². The predicted molar refractivity (Wildman–Crippen MR) is 121 cm³/mol. The van der Waals surface area contributed by atoms with E-state index in [2.05, 4.69) is 10.6 Å². The van der Waals surface area contributed by atoms with Crippen molar-refractivity contribution in [2.45, 2.75) is 45.6 Å². The summed E-state index contributed by atoms with van der Waals surface area (Å²) in [6, 6.07) is 9.77. The van der Waals surface area contributed by atoms with Gasteiger partial charge in [0.05, 0.1) is 17.4 Å². The number of nitrogens with one attached hydrogen (secondary N) is 2. The van der Waals surface area contributed by atoms with E-state index in [4.69, 9.17) is 0 Å². The van der Waals surface area contributed by atoms with Crippen molar-refractivity contribution in [2.24, 2.45) is 11.8 Å². The molecule has 0 spiro atoms. The lowest BCUT2D eigenvalue weighted by Gasteiger charge is -2.29. The van der Waals surface area contributed by atoms with Crippen LogP contribution in [0, 0.1) is 11.8 Å². The van der Waals surface area contributed by atoms with Crippen LogP contribution < -0.4 is 10.6 Å². The van der Waals surface area contributed by atoms with Gasteiger partial charge in [-0.2, -0.15) is 0 Å². The Kier molecular flexibility index (Phi) is 5.96. The lowest BCUT2D eigenvalue weighted by atomic mass is 9.76. The second-order valence-electron chi connectivity index (χ2n) is 8.48. The molecule has 31 heavy (non-hydrogen) atoms. The van der Waals surface area contributed by atoms with Crippen LogP contribution in [0.5, 0.6) is 0 Å². The van der Waals surface area contributed by atoms with Crippen molar-refractivity contribution in [1.82, 2.24) is 5.32 Å². The van der Waals surface area contributed by atoms with E-state index in [0.29, 0.717) is 23.4 Å². The van der Waals surface area contributed by atoms with Gasteiger partial charge in [0.1, 0.15) is 5.00 Å². The van der Waals surface area contributed by atoms with E-state index >= 15 is 0 Å². The molecule has 2 amide bonds. The second kappa shape index (κ2) is 8.67. The summed E-state index contributed by atoms with van der Waals surface area (Å²) in [6.07, 6.45) is 2.71. The zero-order valence-corrected chi connectivity index (χ0v) is 18.4. The van der Waals surface area contributed by atoms with E-state index in [1.54, 1.807) is 0 Å². The summed E-state index contributed by atoms with van der Waals surface area (Å²) in [6.45, 7) is 3.87.